The predicted molar refractivity (Wildman–Crippen MR) is 73.0 cm³/mol. The summed E-state index contributed by atoms with van der Waals surface area (Å²) in [4.78, 5) is 0. The van der Waals surface area contributed by atoms with E-state index in [0.717, 1.165) is 6.42 Å². The average molecular weight is 253 g/mol. The molecule has 2 rings (SSSR count). The van der Waals surface area contributed by atoms with Crippen molar-refractivity contribution in [2.75, 3.05) is 12.8 Å². The van der Waals surface area contributed by atoms with E-state index in [1.165, 1.54) is 30.6 Å². The third-order valence-corrected chi connectivity index (χ3v) is 4.92. The number of hydrogen-bond donors (Lipinski definition) is 1. The van der Waals surface area contributed by atoms with Crippen LogP contribution in [0.15, 0.2) is 24.3 Å². The highest BCUT2D eigenvalue weighted by Gasteiger charge is 2.22. The van der Waals surface area contributed by atoms with Crippen molar-refractivity contribution in [2.45, 2.75) is 37.0 Å². The molecule has 1 aliphatic heterocycles. The van der Waals surface area contributed by atoms with Gasteiger partial charge in [-0.05, 0) is 49.8 Å². The Morgan fingerprint density at radius 2 is 2.12 bits per heavy atom. The minimum absolute atomic E-state index is 0.151. The van der Waals surface area contributed by atoms with Crippen molar-refractivity contribution < 1.29 is 4.39 Å². The Kier molecular flexibility index (Phi) is 4.86. The van der Waals surface area contributed by atoms with Gasteiger partial charge in [0.15, 0.2) is 0 Å². The third kappa shape index (κ3) is 3.71. The number of hydrogen-bond acceptors (Lipinski definition) is 2. The number of nitrogens with one attached hydrogen (secondary N) is 1. The van der Waals surface area contributed by atoms with Gasteiger partial charge in [0.2, 0.25) is 0 Å². The fraction of sp³-hybridized carbons (Fsp3) is 0.571. The van der Waals surface area contributed by atoms with Gasteiger partial charge in [-0.1, -0.05) is 18.6 Å². The van der Waals surface area contributed by atoms with E-state index in [9.17, 15) is 4.39 Å². The molecule has 0 aliphatic carbocycles. The second kappa shape index (κ2) is 6.41. The summed E-state index contributed by atoms with van der Waals surface area (Å²) in [7, 11) is 2.03. The van der Waals surface area contributed by atoms with Crippen molar-refractivity contribution >= 4 is 11.8 Å². The third-order valence-electron chi connectivity index (χ3n) is 3.40. The number of thioether (sulfide) groups is 1. The van der Waals surface area contributed by atoms with Crippen molar-refractivity contribution in [2.24, 2.45) is 0 Å². The maximum absolute atomic E-state index is 12.8. The van der Waals surface area contributed by atoms with E-state index >= 15 is 0 Å². The number of benzene rings is 1. The summed E-state index contributed by atoms with van der Waals surface area (Å²) in [6, 6.07) is 7.40. The summed E-state index contributed by atoms with van der Waals surface area (Å²) in [6.45, 7) is 0. The van der Waals surface area contributed by atoms with Gasteiger partial charge in [-0.3, -0.25) is 0 Å². The predicted octanol–water partition coefficient (Wildman–Crippen LogP) is 3.24. The average Bonchev–Trinajstić information content (AvgIpc) is 2.39. The van der Waals surface area contributed by atoms with Gasteiger partial charge in [0.25, 0.3) is 0 Å². The number of likely N-dealkylation sites (N-methyl/N-ethyl adjacent to an activating group) is 1. The highest BCUT2D eigenvalue weighted by molar-refractivity contribution is 8.00. The Morgan fingerprint density at radius 3 is 2.71 bits per heavy atom. The van der Waals surface area contributed by atoms with E-state index in [0.29, 0.717) is 11.3 Å². The van der Waals surface area contributed by atoms with Crippen molar-refractivity contribution in [3.8, 4) is 0 Å². The van der Waals surface area contributed by atoms with Gasteiger partial charge >= 0.3 is 0 Å². The van der Waals surface area contributed by atoms with Gasteiger partial charge in [-0.15, -0.1) is 0 Å². The Balaban J connectivity index is 1.96. The van der Waals surface area contributed by atoms with Crippen LogP contribution in [0.2, 0.25) is 0 Å². The van der Waals surface area contributed by atoms with Gasteiger partial charge in [0.05, 0.1) is 0 Å². The van der Waals surface area contributed by atoms with Crippen LogP contribution in [0.3, 0.4) is 0 Å². The molecule has 1 aromatic carbocycles. The second-order valence-electron chi connectivity index (χ2n) is 4.63. The number of rotatable bonds is 4. The summed E-state index contributed by atoms with van der Waals surface area (Å²) < 4.78 is 12.8. The summed E-state index contributed by atoms with van der Waals surface area (Å²) in [5, 5.41) is 4.13. The largest absolute Gasteiger partial charge is 0.316 e. The van der Waals surface area contributed by atoms with Gasteiger partial charge < -0.3 is 5.32 Å². The van der Waals surface area contributed by atoms with Gasteiger partial charge in [-0.25, -0.2) is 4.39 Å². The molecule has 1 saturated heterocycles. The second-order valence-corrected chi connectivity index (χ2v) is 5.98. The van der Waals surface area contributed by atoms with Crippen LogP contribution in [0, 0.1) is 5.82 Å². The minimum Gasteiger partial charge on any atom is -0.316 e. The van der Waals surface area contributed by atoms with E-state index in [1.54, 1.807) is 12.1 Å². The molecule has 3 heteroatoms. The first-order valence-electron chi connectivity index (χ1n) is 6.33. The molecule has 2 unspecified atom stereocenters. The van der Waals surface area contributed by atoms with Crippen LogP contribution in [0.5, 0.6) is 0 Å². The molecule has 0 bridgehead atoms. The normalized spacial score (nSPS) is 22.4. The van der Waals surface area contributed by atoms with Crippen molar-refractivity contribution in [1.82, 2.24) is 5.32 Å². The molecule has 0 amide bonds. The zero-order valence-electron chi connectivity index (χ0n) is 10.3. The maximum atomic E-state index is 12.8. The van der Waals surface area contributed by atoms with Crippen LogP contribution in [0.1, 0.15) is 24.8 Å². The minimum atomic E-state index is -0.151. The molecule has 1 aromatic rings. The van der Waals surface area contributed by atoms with Crippen molar-refractivity contribution in [3.05, 3.63) is 35.6 Å². The lowest BCUT2D eigenvalue weighted by atomic mass is 9.99. The topological polar surface area (TPSA) is 12.0 Å². The first-order chi connectivity index (χ1) is 8.29. The molecule has 94 valence electrons. The van der Waals surface area contributed by atoms with Gasteiger partial charge in [0, 0.05) is 11.3 Å². The molecule has 1 aliphatic rings. The molecule has 0 aromatic heterocycles. The van der Waals surface area contributed by atoms with E-state index in [4.69, 9.17) is 0 Å². The van der Waals surface area contributed by atoms with Crippen LogP contribution in [-0.2, 0) is 6.42 Å². The van der Waals surface area contributed by atoms with E-state index in [2.05, 4.69) is 17.1 Å². The van der Waals surface area contributed by atoms with E-state index < -0.39 is 0 Å². The Bertz CT molecular complexity index is 333. The van der Waals surface area contributed by atoms with E-state index in [1.807, 2.05) is 19.2 Å². The van der Waals surface area contributed by atoms with Crippen molar-refractivity contribution in [3.63, 3.8) is 0 Å². The monoisotopic (exact) mass is 253 g/mol. The molecule has 0 spiro atoms. The SMILES string of the molecule is CNC(Cc1ccc(F)cc1)C1CCCCS1. The summed E-state index contributed by atoms with van der Waals surface area (Å²) in [6.07, 6.45) is 5.00. The summed E-state index contributed by atoms with van der Waals surface area (Å²) >= 11 is 2.08. The molecule has 17 heavy (non-hydrogen) atoms. The zero-order valence-corrected chi connectivity index (χ0v) is 11.1. The van der Waals surface area contributed by atoms with Crippen LogP contribution >= 0.6 is 11.8 Å². The van der Waals surface area contributed by atoms with Crippen LogP contribution in [0.4, 0.5) is 4.39 Å². The van der Waals surface area contributed by atoms with Crippen LogP contribution in [-0.4, -0.2) is 24.1 Å². The molecule has 1 nitrogen and oxygen atoms in total. The molecule has 0 saturated carbocycles. The van der Waals surface area contributed by atoms with Crippen molar-refractivity contribution in [1.29, 1.82) is 0 Å². The molecule has 1 heterocycles. The van der Waals surface area contributed by atoms with Crippen LogP contribution < -0.4 is 5.32 Å². The molecule has 0 radical (unpaired) electrons. The lowest BCUT2D eigenvalue weighted by Crippen LogP contribution is -2.38. The molecular weight excluding hydrogens is 233 g/mol. The summed E-state index contributed by atoms with van der Waals surface area (Å²) in [5.41, 5.74) is 1.22. The van der Waals surface area contributed by atoms with Gasteiger partial charge in [0.1, 0.15) is 5.82 Å². The smallest absolute Gasteiger partial charge is 0.123 e. The molecule has 1 N–H and O–H groups in total. The first kappa shape index (κ1) is 12.9. The molecular formula is C14H20FNS. The lowest BCUT2D eigenvalue weighted by molar-refractivity contribution is 0.494. The molecule has 2 atom stereocenters. The quantitative estimate of drug-likeness (QED) is 0.884. The Morgan fingerprint density at radius 1 is 1.35 bits per heavy atom. The number of halogens is 1. The van der Waals surface area contributed by atoms with Crippen LogP contribution in [0.25, 0.3) is 0 Å². The maximum Gasteiger partial charge on any atom is 0.123 e. The lowest BCUT2D eigenvalue weighted by Gasteiger charge is -2.29. The highest BCUT2D eigenvalue weighted by Crippen LogP contribution is 2.28. The molecule has 1 fully saturated rings. The van der Waals surface area contributed by atoms with Gasteiger partial charge in [-0.2, -0.15) is 11.8 Å². The zero-order chi connectivity index (χ0) is 12.1. The fourth-order valence-electron chi connectivity index (χ4n) is 2.38. The Labute approximate surface area is 107 Å². The Hall–Kier alpha value is -0.540. The summed E-state index contributed by atoms with van der Waals surface area (Å²) in [5.74, 6) is 1.13. The first-order valence-corrected chi connectivity index (χ1v) is 7.38. The standard InChI is InChI=1S/C14H20FNS/c1-16-13(14-4-2-3-9-17-14)10-11-5-7-12(15)8-6-11/h5-8,13-14,16H,2-4,9-10H2,1H3. The fourth-order valence-corrected chi connectivity index (χ4v) is 3.85. The highest BCUT2D eigenvalue weighted by atomic mass is 32.2. The van der Waals surface area contributed by atoms with E-state index in [-0.39, 0.29) is 5.82 Å².